The molecule has 0 spiro atoms. The highest BCUT2D eigenvalue weighted by atomic mass is 16.5. The summed E-state index contributed by atoms with van der Waals surface area (Å²) >= 11 is 0. The molecule has 0 saturated carbocycles. The number of anilines is 1. The second-order valence-electron chi connectivity index (χ2n) is 4.57. The van der Waals surface area contributed by atoms with Gasteiger partial charge in [-0.25, -0.2) is 0 Å². The zero-order chi connectivity index (χ0) is 15.2. The molecule has 0 unspecified atom stereocenters. The average Bonchev–Trinajstić information content (AvgIpc) is 2.49. The molecular formula is C17H19NO3. The fraction of sp³-hybridized carbons (Fsp3) is 0.235. The van der Waals surface area contributed by atoms with E-state index in [1.165, 1.54) is 0 Å². The third kappa shape index (κ3) is 3.54. The first-order valence-corrected chi connectivity index (χ1v) is 6.83. The molecule has 2 rings (SSSR count). The van der Waals surface area contributed by atoms with Crippen LogP contribution in [0.25, 0.3) is 0 Å². The standard InChI is InChI=1S/C17H19NO3/c1-4-21-15-10-9-13(11-16(15)20-3)18-17(19)14-8-6-5-7-12(14)2/h5-11H,4H2,1-3H3,(H,18,19). The van der Waals surface area contributed by atoms with Gasteiger partial charge in [0.2, 0.25) is 0 Å². The normalized spacial score (nSPS) is 10.0. The van der Waals surface area contributed by atoms with Crippen LogP contribution in [0, 0.1) is 6.92 Å². The highest BCUT2D eigenvalue weighted by Crippen LogP contribution is 2.30. The van der Waals surface area contributed by atoms with E-state index in [0.29, 0.717) is 29.4 Å². The van der Waals surface area contributed by atoms with Gasteiger partial charge in [0.15, 0.2) is 11.5 Å². The predicted octanol–water partition coefficient (Wildman–Crippen LogP) is 3.65. The SMILES string of the molecule is CCOc1ccc(NC(=O)c2ccccc2C)cc1OC. The van der Waals surface area contributed by atoms with Crippen molar-refractivity contribution in [3.05, 3.63) is 53.6 Å². The number of carbonyl (C=O) groups excluding carboxylic acids is 1. The van der Waals surface area contributed by atoms with Gasteiger partial charge in [0.1, 0.15) is 0 Å². The highest BCUT2D eigenvalue weighted by molar-refractivity contribution is 6.05. The van der Waals surface area contributed by atoms with Crippen LogP contribution in [-0.2, 0) is 0 Å². The zero-order valence-corrected chi connectivity index (χ0v) is 12.5. The van der Waals surface area contributed by atoms with Crippen LogP contribution in [0.5, 0.6) is 11.5 Å². The van der Waals surface area contributed by atoms with Crippen LogP contribution in [0.15, 0.2) is 42.5 Å². The van der Waals surface area contributed by atoms with Crippen molar-refractivity contribution >= 4 is 11.6 Å². The zero-order valence-electron chi connectivity index (χ0n) is 12.5. The maximum Gasteiger partial charge on any atom is 0.255 e. The summed E-state index contributed by atoms with van der Waals surface area (Å²) in [6.45, 7) is 4.38. The van der Waals surface area contributed by atoms with E-state index in [2.05, 4.69) is 5.32 Å². The Morgan fingerprint density at radius 3 is 2.57 bits per heavy atom. The van der Waals surface area contributed by atoms with Gasteiger partial charge in [-0.1, -0.05) is 18.2 Å². The lowest BCUT2D eigenvalue weighted by molar-refractivity contribution is 0.102. The second kappa shape index (κ2) is 6.79. The van der Waals surface area contributed by atoms with Crippen LogP contribution < -0.4 is 14.8 Å². The van der Waals surface area contributed by atoms with Crippen LogP contribution in [0.4, 0.5) is 5.69 Å². The first kappa shape index (κ1) is 14.9. The summed E-state index contributed by atoms with van der Waals surface area (Å²) in [5.74, 6) is 1.12. The van der Waals surface area contributed by atoms with Gasteiger partial charge in [0, 0.05) is 17.3 Å². The molecule has 0 saturated heterocycles. The summed E-state index contributed by atoms with van der Waals surface area (Å²) in [5.41, 5.74) is 2.27. The monoisotopic (exact) mass is 285 g/mol. The van der Waals surface area contributed by atoms with Gasteiger partial charge in [-0.15, -0.1) is 0 Å². The minimum Gasteiger partial charge on any atom is -0.493 e. The molecule has 4 heteroatoms. The Balaban J connectivity index is 2.20. The number of methoxy groups -OCH3 is 1. The Hall–Kier alpha value is -2.49. The van der Waals surface area contributed by atoms with Crippen molar-refractivity contribution in [3.8, 4) is 11.5 Å². The molecule has 0 aliphatic carbocycles. The lowest BCUT2D eigenvalue weighted by atomic mass is 10.1. The number of benzene rings is 2. The number of amides is 1. The highest BCUT2D eigenvalue weighted by Gasteiger charge is 2.11. The number of carbonyl (C=O) groups is 1. The van der Waals surface area contributed by atoms with Crippen LogP contribution in [0.3, 0.4) is 0 Å². The molecule has 0 fully saturated rings. The molecule has 0 aliphatic heterocycles. The Kier molecular flexibility index (Phi) is 4.82. The van der Waals surface area contributed by atoms with E-state index < -0.39 is 0 Å². The van der Waals surface area contributed by atoms with Crippen molar-refractivity contribution in [2.45, 2.75) is 13.8 Å². The molecular weight excluding hydrogens is 266 g/mol. The molecule has 1 amide bonds. The number of nitrogens with one attached hydrogen (secondary N) is 1. The molecule has 0 aliphatic rings. The fourth-order valence-electron chi connectivity index (χ4n) is 2.05. The maximum absolute atomic E-state index is 12.3. The van der Waals surface area contributed by atoms with Gasteiger partial charge in [-0.3, -0.25) is 4.79 Å². The molecule has 110 valence electrons. The van der Waals surface area contributed by atoms with E-state index in [9.17, 15) is 4.79 Å². The smallest absolute Gasteiger partial charge is 0.255 e. The van der Waals surface area contributed by atoms with E-state index in [-0.39, 0.29) is 5.91 Å². The lowest BCUT2D eigenvalue weighted by Gasteiger charge is -2.12. The molecule has 0 radical (unpaired) electrons. The molecule has 2 aromatic carbocycles. The van der Waals surface area contributed by atoms with Crippen molar-refractivity contribution in [1.82, 2.24) is 0 Å². The lowest BCUT2D eigenvalue weighted by Crippen LogP contribution is -2.13. The summed E-state index contributed by atoms with van der Waals surface area (Å²) in [4.78, 5) is 12.3. The summed E-state index contributed by atoms with van der Waals surface area (Å²) in [6.07, 6.45) is 0. The Bertz CT molecular complexity index is 638. The van der Waals surface area contributed by atoms with Crippen molar-refractivity contribution in [2.75, 3.05) is 19.0 Å². The predicted molar refractivity (Wildman–Crippen MR) is 83.3 cm³/mol. The minimum atomic E-state index is -0.140. The van der Waals surface area contributed by atoms with Crippen molar-refractivity contribution in [3.63, 3.8) is 0 Å². The van der Waals surface area contributed by atoms with Gasteiger partial charge in [-0.05, 0) is 37.6 Å². The van der Waals surface area contributed by atoms with E-state index in [4.69, 9.17) is 9.47 Å². The van der Waals surface area contributed by atoms with Gasteiger partial charge < -0.3 is 14.8 Å². The molecule has 21 heavy (non-hydrogen) atoms. The molecule has 0 aromatic heterocycles. The van der Waals surface area contributed by atoms with Gasteiger partial charge >= 0.3 is 0 Å². The molecule has 4 nitrogen and oxygen atoms in total. The van der Waals surface area contributed by atoms with Crippen LogP contribution in [-0.4, -0.2) is 19.6 Å². The molecule has 1 N–H and O–H groups in total. The molecule has 0 bridgehead atoms. The first-order valence-electron chi connectivity index (χ1n) is 6.83. The number of hydrogen-bond donors (Lipinski definition) is 1. The third-order valence-corrected chi connectivity index (χ3v) is 3.11. The number of aryl methyl sites for hydroxylation is 1. The quantitative estimate of drug-likeness (QED) is 0.912. The van der Waals surface area contributed by atoms with E-state index in [1.807, 2.05) is 32.0 Å². The first-order chi connectivity index (χ1) is 10.2. The number of hydrogen-bond acceptors (Lipinski definition) is 3. The Labute approximate surface area is 124 Å². The number of ether oxygens (including phenoxy) is 2. The van der Waals surface area contributed by atoms with Crippen molar-refractivity contribution in [1.29, 1.82) is 0 Å². The summed E-state index contributed by atoms with van der Waals surface area (Å²) in [5, 5.41) is 2.87. The van der Waals surface area contributed by atoms with Crippen molar-refractivity contribution < 1.29 is 14.3 Å². The Morgan fingerprint density at radius 1 is 1.14 bits per heavy atom. The average molecular weight is 285 g/mol. The topological polar surface area (TPSA) is 47.6 Å². The minimum absolute atomic E-state index is 0.140. The van der Waals surface area contributed by atoms with Crippen LogP contribution in [0.1, 0.15) is 22.8 Å². The summed E-state index contributed by atoms with van der Waals surface area (Å²) in [7, 11) is 1.57. The van der Waals surface area contributed by atoms with Crippen molar-refractivity contribution in [2.24, 2.45) is 0 Å². The van der Waals surface area contributed by atoms with Crippen LogP contribution in [0.2, 0.25) is 0 Å². The largest absolute Gasteiger partial charge is 0.493 e. The molecule has 0 heterocycles. The molecule has 2 aromatic rings. The van der Waals surface area contributed by atoms with Gasteiger partial charge in [0.05, 0.1) is 13.7 Å². The second-order valence-corrected chi connectivity index (χ2v) is 4.57. The third-order valence-electron chi connectivity index (χ3n) is 3.11. The van der Waals surface area contributed by atoms with Crippen LogP contribution >= 0.6 is 0 Å². The summed E-state index contributed by atoms with van der Waals surface area (Å²) < 4.78 is 10.7. The Morgan fingerprint density at radius 2 is 1.90 bits per heavy atom. The van der Waals surface area contributed by atoms with E-state index >= 15 is 0 Å². The van der Waals surface area contributed by atoms with E-state index in [1.54, 1.807) is 31.4 Å². The van der Waals surface area contributed by atoms with Gasteiger partial charge in [0.25, 0.3) is 5.91 Å². The fourth-order valence-corrected chi connectivity index (χ4v) is 2.05. The summed E-state index contributed by atoms with van der Waals surface area (Å²) in [6, 6.07) is 12.8. The van der Waals surface area contributed by atoms with E-state index in [0.717, 1.165) is 5.56 Å². The maximum atomic E-state index is 12.3. The molecule has 0 atom stereocenters. The number of rotatable bonds is 5. The van der Waals surface area contributed by atoms with Gasteiger partial charge in [-0.2, -0.15) is 0 Å².